The number of benzene rings is 1. The quantitative estimate of drug-likeness (QED) is 0.544. The second kappa shape index (κ2) is 9.91. The molecule has 1 saturated heterocycles. The maximum absolute atomic E-state index is 12.8. The van der Waals surface area contributed by atoms with Gasteiger partial charge in [0.15, 0.2) is 5.76 Å². The average molecular weight is 468 g/mol. The van der Waals surface area contributed by atoms with Crippen LogP contribution in [0.15, 0.2) is 47.1 Å². The van der Waals surface area contributed by atoms with Crippen LogP contribution in [0.2, 0.25) is 0 Å². The highest BCUT2D eigenvalue weighted by atomic mass is 32.1. The monoisotopic (exact) mass is 467 g/mol. The van der Waals surface area contributed by atoms with Gasteiger partial charge in [0.25, 0.3) is 5.91 Å². The van der Waals surface area contributed by atoms with Crippen molar-refractivity contribution in [3.8, 4) is 0 Å². The zero-order valence-electron chi connectivity index (χ0n) is 19.4. The Hall–Kier alpha value is -2.94. The van der Waals surface area contributed by atoms with Gasteiger partial charge in [-0.2, -0.15) is 0 Å². The Morgan fingerprint density at radius 1 is 1.09 bits per heavy atom. The molecule has 0 saturated carbocycles. The minimum Gasteiger partial charge on any atom is -0.465 e. The highest BCUT2D eigenvalue weighted by molar-refractivity contribution is 7.16. The SMILES string of the molecule is COC(=O)c1ccc([C@H](c2c(NC(=O)c3ccco3)sc(C)c2C)N2CCN(C)CC2)cc1. The lowest BCUT2D eigenvalue weighted by Gasteiger charge is -2.39. The van der Waals surface area contributed by atoms with Crippen molar-refractivity contribution in [1.29, 1.82) is 0 Å². The molecule has 4 rings (SSSR count). The number of anilines is 1. The number of carbonyl (C=O) groups excluding carboxylic acids is 2. The maximum Gasteiger partial charge on any atom is 0.337 e. The van der Waals surface area contributed by atoms with Crippen LogP contribution in [0.5, 0.6) is 0 Å². The predicted molar refractivity (Wildman–Crippen MR) is 129 cm³/mol. The van der Waals surface area contributed by atoms with Gasteiger partial charge in [0.1, 0.15) is 5.00 Å². The van der Waals surface area contributed by atoms with Crippen LogP contribution in [0.3, 0.4) is 0 Å². The zero-order valence-corrected chi connectivity index (χ0v) is 20.2. The van der Waals surface area contributed by atoms with Crippen molar-refractivity contribution >= 4 is 28.2 Å². The molecule has 7 nitrogen and oxygen atoms in total. The molecule has 3 aromatic rings. The van der Waals surface area contributed by atoms with E-state index in [9.17, 15) is 9.59 Å². The van der Waals surface area contributed by atoms with Gasteiger partial charge in [-0.3, -0.25) is 9.69 Å². The maximum atomic E-state index is 12.8. The van der Waals surface area contributed by atoms with Crippen molar-refractivity contribution in [3.63, 3.8) is 0 Å². The molecule has 1 N–H and O–H groups in total. The summed E-state index contributed by atoms with van der Waals surface area (Å²) in [6, 6.07) is 10.9. The van der Waals surface area contributed by atoms with E-state index < -0.39 is 0 Å². The highest BCUT2D eigenvalue weighted by Gasteiger charge is 2.31. The Kier molecular flexibility index (Phi) is 6.97. The standard InChI is InChI=1S/C25H29N3O4S/c1-16-17(2)33-24(26-23(29)20-6-5-15-32-20)21(16)22(28-13-11-27(3)12-14-28)18-7-9-19(10-8-18)25(30)31-4/h5-10,15,22H,11-14H2,1-4H3,(H,26,29)/t22-/m1/s1. The van der Waals surface area contributed by atoms with E-state index in [2.05, 4.69) is 36.0 Å². The van der Waals surface area contributed by atoms with Gasteiger partial charge < -0.3 is 19.4 Å². The van der Waals surface area contributed by atoms with Crippen molar-refractivity contribution in [2.45, 2.75) is 19.9 Å². The first-order chi connectivity index (χ1) is 15.9. The first-order valence-electron chi connectivity index (χ1n) is 10.9. The van der Waals surface area contributed by atoms with Crippen molar-refractivity contribution in [2.24, 2.45) is 0 Å². The van der Waals surface area contributed by atoms with Gasteiger partial charge in [-0.15, -0.1) is 11.3 Å². The van der Waals surface area contributed by atoms with Gasteiger partial charge in [0.05, 0.1) is 25.0 Å². The Morgan fingerprint density at radius 3 is 2.39 bits per heavy atom. The Balaban J connectivity index is 1.75. The Bertz CT molecular complexity index is 1110. The van der Waals surface area contributed by atoms with Gasteiger partial charge in [-0.05, 0) is 56.3 Å². The molecule has 1 fully saturated rings. The van der Waals surface area contributed by atoms with E-state index in [0.29, 0.717) is 5.56 Å². The molecule has 2 aromatic heterocycles. The van der Waals surface area contributed by atoms with E-state index in [1.54, 1.807) is 35.6 Å². The van der Waals surface area contributed by atoms with Gasteiger partial charge >= 0.3 is 5.97 Å². The van der Waals surface area contributed by atoms with Crippen molar-refractivity contribution in [2.75, 3.05) is 45.7 Å². The molecule has 1 aliphatic heterocycles. The molecule has 0 unspecified atom stereocenters. The number of hydrogen-bond donors (Lipinski definition) is 1. The fraction of sp³-hybridized carbons (Fsp3) is 0.360. The highest BCUT2D eigenvalue weighted by Crippen LogP contribution is 2.42. The Labute approximate surface area is 197 Å². The molecule has 0 aliphatic carbocycles. The number of ether oxygens (including phenoxy) is 1. The summed E-state index contributed by atoms with van der Waals surface area (Å²) < 4.78 is 10.2. The van der Waals surface area contributed by atoms with Crippen LogP contribution in [-0.4, -0.2) is 62.0 Å². The molecule has 0 radical (unpaired) electrons. The molecular formula is C25H29N3O4S. The summed E-state index contributed by atoms with van der Waals surface area (Å²) in [6.07, 6.45) is 1.50. The summed E-state index contributed by atoms with van der Waals surface area (Å²) in [5.74, 6) is -0.337. The van der Waals surface area contributed by atoms with E-state index in [0.717, 1.165) is 52.7 Å². The number of carbonyl (C=O) groups is 2. The second-order valence-corrected chi connectivity index (χ2v) is 9.54. The lowest BCUT2D eigenvalue weighted by Crippen LogP contribution is -2.46. The number of thiophene rings is 1. The largest absolute Gasteiger partial charge is 0.465 e. The molecule has 1 amide bonds. The third-order valence-electron chi connectivity index (χ3n) is 6.23. The normalized spacial score (nSPS) is 15.9. The van der Waals surface area contributed by atoms with E-state index in [1.165, 1.54) is 13.4 Å². The zero-order chi connectivity index (χ0) is 23.5. The number of nitrogens with one attached hydrogen (secondary N) is 1. The first-order valence-corrected chi connectivity index (χ1v) is 11.8. The molecule has 8 heteroatoms. The van der Waals surface area contributed by atoms with Crippen LogP contribution >= 0.6 is 11.3 Å². The number of rotatable bonds is 6. The van der Waals surface area contributed by atoms with Crippen molar-refractivity contribution in [1.82, 2.24) is 9.80 Å². The minimum absolute atomic E-state index is 0.0535. The van der Waals surface area contributed by atoms with Crippen molar-refractivity contribution < 1.29 is 18.7 Å². The number of nitrogens with zero attached hydrogens (tertiary/aromatic N) is 2. The van der Waals surface area contributed by atoms with E-state index in [-0.39, 0.29) is 23.7 Å². The molecule has 3 heterocycles. The van der Waals surface area contributed by atoms with Crippen LogP contribution in [0.4, 0.5) is 5.00 Å². The van der Waals surface area contributed by atoms with Crippen LogP contribution in [0.25, 0.3) is 0 Å². The fourth-order valence-corrected chi connectivity index (χ4v) is 5.29. The molecule has 1 aromatic carbocycles. The number of likely N-dealkylation sites (N-methyl/N-ethyl adjacent to an activating group) is 1. The number of methoxy groups -OCH3 is 1. The molecule has 0 spiro atoms. The number of aryl methyl sites for hydroxylation is 1. The predicted octanol–water partition coefficient (Wildman–Crippen LogP) is 4.33. The van der Waals surface area contributed by atoms with Gasteiger partial charge in [-0.25, -0.2) is 4.79 Å². The molecule has 33 heavy (non-hydrogen) atoms. The van der Waals surface area contributed by atoms with Crippen molar-refractivity contribution in [3.05, 3.63) is 75.6 Å². The number of furan rings is 1. The summed E-state index contributed by atoms with van der Waals surface area (Å²) >= 11 is 1.58. The summed E-state index contributed by atoms with van der Waals surface area (Å²) in [4.78, 5) is 30.7. The van der Waals surface area contributed by atoms with Gasteiger partial charge in [0.2, 0.25) is 0 Å². The number of esters is 1. The lowest BCUT2D eigenvalue weighted by molar-refractivity contribution is 0.0600. The van der Waals surface area contributed by atoms with Crippen LogP contribution in [0.1, 0.15) is 48.5 Å². The number of piperazine rings is 1. The summed E-state index contributed by atoms with van der Waals surface area (Å²) in [5, 5.41) is 3.91. The second-order valence-electron chi connectivity index (χ2n) is 8.31. The number of amides is 1. The van der Waals surface area contributed by atoms with Gasteiger partial charge in [0, 0.05) is 36.6 Å². The van der Waals surface area contributed by atoms with Crippen LogP contribution in [-0.2, 0) is 4.74 Å². The van der Waals surface area contributed by atoms with Crippen LogP contribution in [0, 0.1) is 13.8 Å². The van der Waals surface area contributed by atoms with Crippen LogP contribution < -0.4 is 5.32 Å². The Morgan fingerprint density at radius 2 is 1.79 bits per heavy atom. The number of hydrogen-bond acceptors (Lipinski definition) is 7. The molecule has 174 valence electrons. The topological polar surface area (TPSA) is 75.0 Å². The minimum atomic E-state index is -0.355. The molecule has 1 atom stereocenters. The van der Waals surface area contributed by atoms with E-state index in [4.69, 9.17) is 9.15 Å². The summed E-state index contributed by atoms with van der Waals surface area (Å²) in [5.41, 5.74) is 3.84. The average Bonchev–Trinajstić information content (AvgIpc) is 3.45. The first kappa shape index (κ1) is 23.2. The third kappa shape index (κ3) is 4.88. The van der Waals surface area contributed by atoms with Gasteiger partial charge in [-0.1, -0.05) is 12.1 Å². The lowest BCUT2D eigenvalue weighted by atomic mass is 9.93. The van der Waals surface area contributed by atoms with E-state index >= 15 is 0 Å². The molecule has 0 bridgehead atoms. The smallest absolute Gasteiger partial charge is 0.337 e. The van der Waals surface area contributed by atoms with E-state index in [1.807, 2.05) is 12.1 Å². The summed E-state index contributed by atoms with van der Waals surface area (Å²) in [6.45, 7) is 7.92. The summed E-state index contributed by atoms with van der Waals surface area (Å²) in [7, 11) is 3.52. The molecular weight excluding hydrogens is 438 g/mol. The fourth-order valence-electron chi connectivity index (χ4n) is 4.20. The molecule has 1 aliphatic rings. The third-order valence-corrected chi connectivity index (χ3v) is 7.37.